The molecule has 4 nitrogen and oxygen atoms in total. The van der Waals surface area contributed by atoms with Crippen LogP contribution in [0.5, 0.6) is 0 Å². The summed E-state index contributed by atoms with van der Waals surface area (Å²) in [6.07, 6.45) is 0. The molecule has 76 valence electrons. The van der Waals surface area contributed by atoms with Crippen LogP contribution in [0.1, 0.15) is 11.1 Å². The smallest absolute Gasteiger partial charge is 0.158 e. The molecule has 1 aromatic rings. The summed E-state index contributed by atoms with van der Waals surface area (Å²) in [6, 6.07) is 6.11. The average Bonchev–Trinajstić information content (AvgIpc) is 2.19. The highest BCUT2D eigenvalue weighted by atomic mass is 16.4. The molecule has 1 aromatic carbocycles. The number of nitrogens with zero attached hydrogens (tertiary/aromatic N) is 1. The van der Waals surface area contributed by atoms with E-state index in [9.17, 15) is 0 Å². The van der Waals surface area contributed by atoms with E-state index >= 15 is 0 Å². The van der Waals surface area contributed by atoms with Crippen LogP contribution >= 0.6 is 0 Å². The predicted octanol–water partition coefficient (Wildman–Crippen LogP) is 1.46. The molecule has 14 heavy (non-hydrogen) atoms. The maximum atomic E-state index is 8.36. The van der Waals surface area contributed by atoms with Gasteiger partial charge in [-0.05, 0) is 31.0 Å². The van der Waals surface area contributed by atoms with E-state index in [0.29, 0.717) is 6.54 Å². The minimum Gasteiger partial charge on any atom is -0.409 e. The van der Waals surface area contributed by atoms with Crippen molar-refractivity contribution in [2.75, 3.05) is 11.9 Å². The molecule has 0 aromatic heterocycles. The van der Waals surface area contributed by atoms with Crippen LogP contribution in [-0.2, 0) is 0 Å². The lowest BCUT2D eigenvalue weighted by Gasteiger charge is -2.09. The van der Waals surface area contributed by atoms with Gasteiger partial charge in [-0.1, -0.05) is 17.3 Å². The van der Waals surface area contributed by atoms with Gasteiger partial charge in [0.2, 0.25) is 0 Å². The van der Waals surface area contributed by atoms with Gasteiger partial charge in [0.1, 0.15) is 0 Å². The van der Waals surface area contributed by atoms with Gasteiger partial charge < -0.3 is 16.3 Å². The predicted molar refractivity (Wildman–Crippen MR) is 57.8 cm³/mol. The highest BCUT2D eigenvalue weighted by Gasteiger charge is 1.98. The topological polar surface area (TPSA) is 70.6 Å². The summed E-state index contributed by atoms with van der Waals surface area (Å²) in [5.41, 5.74) is 8.68. The SMILES string of the molecule is Cc1ccc(C)c(NC/C(N)=N/O)c1. The number of anilines is 1. The van der Waals surface area contributed by atoms with Crippen molar-refractivity contribution >= 4 is 11.5 Å². The van der Waals surface area contributed by atoms with Gasteiger partial charge in [-0.2, -0.15) is 0 Å². The van der Waals surface area contributed by atoms with Gasteiger partial charge >= 0.3 is 0 Å². The van der Waals surface area contributed by atoms with E-state index in [2.05, 4.69) is 10.5 Å². The monoisotopic (exact) mass is 193 g/mol. The number of benzene rings is 1. The summed E-state index contributed by atoms with van der Waals surface area (Å²) in [6.45, 7) is 4.38. The fraction of sp³-hybridized carbons (Fsp3) is 0.300. The minimum atomic E-state index is 0.172. The van der Waals surface area contributed by atoms with E-state index in [4.69, 9.17) is 10.9 Å². The Morgan fingerprint density at radius 1 is 1.50 bits per heavy atom. The number of hydrogen-bond acceptors (Lipinski definition) is 3. The Hall–Kier alpha value is -1.71. The standard InChI is InChI=1S/C10H15N3O/c1-7-3-4-8(2)9(5-7)12-6-10(11)13-14/h3-5,12,14H,6H2,1-2H3,(H2,11,13). The Morgan fingerprint density at radius 3 is 2.86 bits per heavy atom. The second-order valence-electron chi connectivity index (χ2n) is 3.26. The number of nitrogens with one attached hydrogen (secondary N) is 1. The Bertz CT molecular complexity index is 347. The second-order valence-corrected chi connectivity index (χ2v) is 3.26. The van der Waals surface area contributed by atoms with Crippen molar-refractivity contribution < 1.29 is 5.21 Å². The fourth-order valence-corrected chi connectivity index (χ4v) is 1.15. The maximum absolute atomic E-state index is 8.36. The number of nitrogens with two attached hydrogens (primary N) is 1. The highest BCUT2D eigenvalue weighted by Crippen LogP contribution is 2.15. The van der Waals surface area contributed by atoms with Crippen molar-refractivity contribution in [2.24, 2.45) is 10.9 Å². The summed E-state index contributed by atoms with van der Waals surface area (Å²) >= 11 is 0. The van der Waals surface area contributed by atoms with Crippen molar-refractivity contribution in [3.8, 4) is 0 Å². The Morgan fingerprint density at radius 2 is 2.21 bits per heavy atom. The molecule has 0 unspecified atom stereocenters. The number of aryl methyl sites for hydroxylation is 2. The largest absolute Gasteiger partial charge is 0.409 e. The van der Waals surface area contributed by atoms with Crippen LogP contribution in [0.3, 0.4) is 0 Å². The number of hydrogen-bond donors (Lipinski definition) is 3. The zero-order valence-corrected chi connectivity index (χ0v) is 8.41. The van der Waals surface area contributed by atoms with Crippen molar-refractivity contribution in [1.29, 1.82) is 0 Å². The van der Waals surface area contributed by atoms with Crippen molar-refractivity contribution in [1.82, 2.24) is 0 Å². The van der Waals surface area contributed by atoms with Gasteiger partial charge in [-0.3, -0.25) is 0 Å². The molecule has 0 radical (unpaired) electrons. The van der Waals surface area contributed by atoms with E-state index in [1.165, 1.54) is 5.56 Å². The minimum absolute atomic E-state index is 0.172. The van der Waals surface area contributed by atoms with Gasteiger partial charge in [-0.15, -0.1) is 0 Å². The van der Waals surface area contributed by atoms with Crippen LogP contribution in [0.15, 0.2) is 23.4 Å². The number of oxime groups is 1. The maximum Gasteiger partial charge on any atom is 0.158 e. The summed E-state index contributed by atoms with van der Waals surface area (Å²) < 4.78 is 0. The molecule has 4 heteroatoms. The lowest BCUT2D eigenvalue weighted by Crippen LogP contribution is -2.22. The van der Waals surface area contributed by atoms with Gasteiger partial charge in [0.15, 0.2) is 5.84 Å². The van der Waals surface area contributed by atoms with Gasteiger partial charge in [0, 0.05) is 5.69 Å². The first-order chi connectivity index (χ1) is 6.63. The normalized spacial score (nSPS) is 11.4. The molecule has 0 saturated heterocycles. The van der Waals surface area contributed by atoms with Crippen LogP contribution in [0, 0.1) is 13.8 Å². The van der Waals surface area contributed by atoms with E-state index in [1.54, 1.807) is 0 Å². The fourth-order valence-electron chi connectivity index (χ4n) is 1.15. The lowest BCUT2D eigenvalue weighted by atomic mass is 10.1. The van der Waals surface area contributed by atoms with E-state index < -0.39 is 0 Å². The summed E-state index contributed by atoms with van der Waals surface area (Å²) in [7, 11) is 0. The molecule has 0 fully saturated rings. The van der Waals surface area contributed by atoms with Crippen LogP contribution in [0.25, 0.3) is 0 Å². The lowest BCUT2D eigenvalue weighted by molar-refractivity contribution is 0.317. The molecular weight excluding hydrogens is 178 g/mol. The third kappa shape index (κ3) is 2.65. The van der Waals surface area contributed by atoms with Crippen LogP contribution in [0.4, 0.5) is 5.69 Å². The summed E-state index contributed by atoms with van der Waals surface area (Å²) in [5, 5.41) is 14.3. The molecule has 0 bridgehead atoms. The molecule has 0 saturated carbocycles. The first-order valence-corrected chi connectivity index (χ1v) is 4.41. The van der Waals surface area contributed by atoms with Gasteiger partial charge in [-0.25, -0.2) is 0 Å². The molecule has 0 atom stereocenters. The summed E-state index contributed by atoms with van der Waals surface area (Å²) in [4.78, 5) is 0. The van der Waals surface area contributed by atoms with Crippen molar-refractivity contribution in [3.63, 3.8) is 0 Å². The third-order valence-corrected chi connectivity index (χ3v) is 1.98. The van der Waals surface area contributed by atoms with Crippen molar-refractivity contribution in [3.05, 3.63) is 29.3 Å². The van der Waals surface area contributed by atoms with Crippen LogP contribution in [0.2, 0.25) is 0 Å². The van der Waals surface area contributed by atoms with E-state index in [-0.39, 0.29) is 5.84 Å². The van der Waals surface area contributed by atoms with Gasteiger partial charge in [0.05, 0.1) is 6.54 Å². The Balaban J connectivity index is 2.71. The van der Waals surface area contributed by atoms with Crippen LogP contribution in [-0.4, -0.2) is 17.6 Å². The first kappa shape index (κ1) is 10.4. The zero-order chi connectivity index (χ0) is 10.6. The molecule has 4 N–H and O–H groups in total. The van der Waals surface area contributed by atoms with Crippen LogP contribution < -0.4 is 11.1 Å². The molecule has 0 aliphatic heterocycles. The first-order valence-electron chi connectivity index (χ1n) is 4.41. The number of amidine groups is 1. The zero-order valence-electron chi connectivity index (χ0n) is 8.41. The molecule has 0 amide bonds. The van der Waals surface area contributed by atoms with Crippen molar-refractivity contribution in [2.45, 2.75) is 13.8 Å². The van der Waals surface area contributed by atoms with Gasteiger partial charge in [0.25, 0.3) is 0 Å². The average molecular weight is 193 g/mol. The molecule has 0 aliphatic rings. The molecule has 0 heterocycles. The summed E-state index contributed by atoms with van der Waals surface area (Å²) in [5.74, 6) is 0.172. The quantitative estimate of drug-likeness (QED) is 0.294. The molecular formula is C10H15N3O. The number of rotatable bonds is 3. The third-order valence-electron chi connectivity index (χ3n) is 1.98. The molecule has 1 rings (SSSR count). The molecule has 0 spiro atoms. The Kier molecular flexibility index (Phi) is 3.34. The van der Waals surface area contributed by atoms with E-state index in [1.807, 2.05) is 32.0 Å². The van der Waals surface area contributed by atoms with E-state index in [0.717, 1.165) is 11.3 Å². The molecule has 0 aliphatic carbocycles. The second kappa shape index (κ2) is 4.50. The highest BCUT2D eigenvalue weighted by molar-refractivity contribution is 5.84. The Labute approximate surface area is 83.4 Å².